The number of hydrogen-bond acceptors (Lipinski definition) is 3. The number of carboxylic acids is 1. The van der Waals surface area contributed by atoms with Gasteiger partial charge in [0.2, 0.25) is 0 Å². The van der Waals surface area contributed by atoms with Crippen molar-refractivity contribution in [1.82, 2.24) is 0 Å². The lowest BCUT2D eigenvalue weighted by Crippen LogP contribution is -2.20. The van der Waals surface area contributed by atoms with E-state index < -0.39 is 5.97 Å². The molecule has 3 aromatic carbocycles. The summed E-state index contributed by atoms with van der Waals surface area (Å²) in [6.45, 7) is 3.81. The van der Waals surface area contributed by atoms with Crippen LogP contribution in [0, 0.1) is 6.92 Å². The monoisotopic (exact) mass is 434 g/mol. The summed E-state index contributed by atoms with van der Waals surface area (Å²) in [6, 6.07) is 20.0. The molecule has 6 heteroatoms. The second kappa shape index (κ2) is 8.82. The second-order valence-electron chi connectivity index (χ2n) is 7.78. The molecule has 0 spiro atoms. The molecule has 3 aromatic rings. The van der Waals surface area contributed by atoms with Crippen LogP contribution in [0.4, 0.5) is 11.4 Å². The maximum absolute atomic E-state index is 12.5. The van der Waals surface area contributed by atoms with Crippen molar-refractivity contribution in [3.05, 3.63) is 94.0 Å². The fourth-order valence-electron chi connectivity index (χ4n) is 4.10. The molecule has 0 bridgehead atoms. The number of rotatable bonds is 5. The largest absolute Gasteiger partial charge is 0.478 e. The summed E-state index contributed by atoms with van der Waals surface area (Å²) in [5, 5.41) is 13.0. The second-order valence-corrected chi connectivity index (χ2v) is 8.22. The Hall–Kier alpha value is -3.31. The molecule has 158 valence electrons. The SMILES string of the molecule is Cc1ccccc1[C@H]1CCN(c2ccc(NC(=O)c3ccc(Cl)cc3)c(C(=O)O)c2)C1. The number of aryl methyl sites for hydroxylation is 1. The van der Waals surface area contributed by atoms with Crippen molar-refractivity contribution in [2.45, 2.75) is 19.3 Å². The summed E-state index contributed by atoms with van der Waals surface area (Å²) in [5.74, 6) is -1.05. The van der Waals surface area contributed by atoms with Crippen LogP contribution in [0.3, 0.4) is 0 Å². The Bertz CT molecular complexity index is 1130. The van der Waals surface area contributed by atoms with Gasteiger partial charge in [-0.1, -0.05) is 35.9 Å². The van der Waals surface area contributed by atoms with E-state index in [9.17, 15) is 14.7 Å². The summed E-state index contributed by atoms with van der Waals surface area (Å²) in [6.07, 6.45) is 1.02. The Kier molecular flexibility index (Phi) is 5.96. The molecule has 1 saturated heterocycles. The van der Waals surface area contributed by atoms with Crippen LogP contribution in [0.1, 0.15) is 44.2 Å². The first kappa shape index (κ1) is 20.9. The van der Waals surface area contributed by atoms with Gasteiger partial charge in [-0.2, -0.15) is 0 Å². The van der Waals surface area contributed by atoms with Crippen molar-refractivity contribution >= 4 is 34.9 Å². The van der Waals surface area contributed by atoms with Crippen LogP contribution in [0.15, 0.2) is 66.7 Å². The molecule has 0 unspecified atom stereocenters. The highest BCUT2D eigenvalue weighted by molar-refractivity contribution is 6.30. The molecule has 1 fully saturated rings. The van der Waals surface area contributed by atoms with Gasteiger partial charge in [0.05, 0.1) is 11.3 Å². The highest BCUT2D eigenvalue weighted by Crippen LogP contribution is 2.34. The van der Waals surface area contributed by atoms with Crippen molar-refractivity contribution < 1.29 is 14.7 Å². The average Bonchev–Trinajstić information content (AvgIpc) is 3.24. The van der Waals surface area contributed by atoms with E-state index in [1.807, 2.05) is 12.1 Å². The van der Waals surface area contributed by atoms with Gasteiger partial charge in [0.1, 0.15) is 0 Å². The maximum Gasteiger partial charge on any atom is 0.337 e. The highest BCUT2D eigenvalue weighted by Gasteiger charge is 2.26. The zero-order valence-corrected chi connectivity index (χ0v) is 17.9. The Morgan fingerprint density at radius 1 is 1.06 bits per heavy atom. The number of aromatic carboxylic acids is 1. The molecule has 0 saturated carbocycles. The van der Waals surface area contributed by atoms with Crippen molar-refractivity contribution in [2.75, 3.05) is 23.3 Å². The van der Waals surface area contributed by atoms with Gasteiger partial charge >= 0.3 is 5.97 Å². The van der Waals surface area contributed by atoms with Crippen LogP contribution in [-0.4, -0.2) is 30.1 Å². The first-order valence-electron chi connectivity index (χ1n) is 10.2. The topological polar surface area (TPSA) is 69.6 Å². The number of carbonyl (C=O) groups is 2. The number of carbonyl (C=O) groups excluding carboxylic acids is 1. The van der Waals surface area contributed by atoms with Gasteiger partial charge in [-0.05, 0) is 66.9 Å². The number of nitrogens with one attached hydrogen (secondary N) is 1. The highest BCUT2D eigenvalue weighted by atomic mass is 35.5. The van der Waals surface area contributed by atoms with Gasteiger partial charge in [-0.3, -0.25) is 4.79 Å². The molecule has 0 aliphatic carbocycles. The van der Waals surface area contributed by atoms with E-state index in [1.54, 1.807) is 36.4 Å². The molecule has 4 rings (SSSR count). The van der Waals surface area contributed by atoms with Gasteiger partial charge in [0.15, 0.2) is 0 Å². The van der Waals surface area contributed by atoms with Crippen molar-refractivity contribution in [2.24, 2.45) is 0 Å². The molecule has 5 nitrogen and oxygen atoms in total. The van der Waals surface area contributed by atoms with Crippen molar-refractivity contribution in [1.29, 1.82) is 0 Å². The summed E-state index contributed by atoms with van der Waals surface area (Å²) in [4.78, 5) is 26.6. The number of halogens is 1. The molecule has 1 aliphatic rings. The zero-order chi connectivity index (χ0) is 22.0. The van der Waals surface area contributed by atoms with E-state index in [1.165, 1.54) is 11.1 Å². The first-order valence-corrected chi connectivity index (χ1v) is 10.5. The fraction of sp³-hybridized carbons (Fsp3) is 0.200. The minimum absolute atomic E-state index is 0.0687. The number of anilines is 2. The molecule has 1 amide bonds. The van der Waals surface area contributed by atoms with Crippen molar-refractivity contribution in [3.63, 3.8) is 0 Å². The quantitative estimate of drug-likeness (QED) is 0.549. The zero-order valence-electron chi connectivity index (χ0n) is 17.1. The Balaban J connectivity index is 1.54. The van der Waals surface area contributed by atoms with E-state index in [4.69, 9.17) is 11.6 Å². The lowest BCUT2D eigenvalue weighted by atomic mass is 9.94. The van der Waals surface area contributed by atoms with Gasteiger partial charge in [0, 0.05) is 35.3 Å². The molecular weight excluding hydrogens is 412 g/mol. The minimum atomic E-state index is -1.08. The fourth-order valence-corrected chi connectivity index (χ4v) is 4.23. The standard InChI is InChI=1S/C25H23ClN2O3/c1-16-4-2-3-5-21(16)18-12-13-28(15-18)20-10-11-23(22(14-20)25(30)31)27-24(29)17-6-8-19(26)9-7-17/h2-11,14,18H,12-13,15H2,1H3,(H,27,29)(H,30,31)/t18-/m0/s1. The van der Waals surface area contributed by atoms with Crippen LogP contribution in [0.5, 0.6) is 0 Å². The van der Waals surface area contributed by atoms with Crippen LogP contribution in [0.25, 0.3) is 0 Å². The predicted molar refractivity (Wildman–Crippen MR) is 124 cm³/mol. The van der Waals surface area contributed by atoms with Crippen LogP contribution >= 0.6 is 11.6 Å². The normalized spacial score (nSPS) is 15.7. The molecule has 31 heavy (non-hydrogen) atoms. The lowest BCUT2D eigenvalue weighted by molar-refractivity contribution is 0.0698. The summed E-state index contributed by atoms with van der Waals surface area (Å²) < 4.78 is 0. The molecule has 1 heterocycles. The summed E-state index contributed by atoms with van der Waals surface area (Å²) in [5.41, 5.74) is 4.21. The maximum atomic E-state index is 12.5. The molecular formula is C25H23ClN2O3. The van der Waals surface area contributed by atoms with Crippen LogP contribution in [0.2, 0.25) is 5.02 Å². The van der Waals surface area contributed by atoms with E-state index in [0.717, 1.165) is 25.2 Å². The lowest BCUT2D eigenvalue weighted by Gasteiger charge is -2.21. The summed E-state index contributed by atoms with van der Waals surface area (Å²) in [7, 11) is 0. The average molecular weight is 435 g/mol. The molecule has 0 radical (unpaired) electrons. The number of carboxylic acid groups (broad SMARTS) is 1. The third-order valence-corrected chi connectivity index (χ3v) is 6.02. The first-order chi connectivity index (χ1) is 14.9. The Morgan fingerprint density at radius 2 is 1.81 bits per heavy atom. The Morgan fingerprint density at radius 3 is 2.52 bits per heavy atom. The Labute approximate surface area is 186 Å². The number of nitrogens with zero attached hydrogens (tertiary/aromatic N) is 1. The number of amides is 1. The molecule has 2 N–H and O–H groups in total. The van der Waals surface area contributed by atoms with Crippen molar-refractivity contribution in [3.8, 4) is 0 Å². The van der Waals surface area contributed by atoms with Gasteiger partial charge in [0.25, 0.3) is 5.91 Å². The minimum Gasteiger partial charge on any atom is -0.478 e. The molecule has 1 atom stereocenters. The van der Waals surface area contributed by atoms with E-state index >= 15 is 0 Å². The number of benzene rings is 3. The molecule has 0 aromatic heterocycles. The van der Waals surface area contributed by atoms with Gasteiger partial charge < -0.3 is 15.3 Å². The van der Waals surface area contributed by atoms with Gasteiger partial charge in [-0.25, -0.2) is 4.79 Å². The predicted octanol–water partition coefficient (Wildman–Crippen LogP) is 5.59. The molecule has 1 aliphatic heterocycles. The van der Waals surface area contributed by atoms with Crippen LogP contribution < -0.4 is 10.2 Å². The van der Waals surface area contributed by atoms with Crippen LogP contribution in [-0.2, 0) is 0 Å². The van der Waals surface area contributed by atoms with E-state index in [0.29, 0.717) is 16.5 Å². The smallest absolute Gasteiger partial charge is 0.337 e. The van der Waals surface area contributed by atoms with Gasteiger partial charge in [-0.15, -0.1) is 0 Å². The third-order valence-electron chi connectivity index (χ3n) is 5.77. The van der Waals surface area contributed by atoms with E-state index in [-0.39, 0.29) is 17.2 Å². The number of hydrogen-bond donors (Lipinski definition) is 2. The summed E-state index contributed by atoms with van der Waals surface area (Å²) >= 11 is 5.87. The van der Waals surface area contributed by atoms with E-state index in [2.05, 4.69) is 35.3 Å². The third kappa shape index (κ3) is 4.57.